The molecule has 3 nitrogen and oxygen atoms in total. The minimum absolute atomic E-state index is 0.689. The third-order valence-corrected chi connectivity index (χ3v) is 5.47. The lowest BCUT2D eigenvalue weighted by Crippen LogP contribution is -2.31. The van der Waals surface area contributed by atoms with Crippen molar-refractivity contribution in [2.75, 3.05) is 6.54 Å². The molecule has 1 N–H and O–H groups in total. The van der Waals surface area contributed by atoms with Crippen LogP contribution in [0, 0.1) is 11.8 Å². The molecule has 3 rings (SSSR count). The Morgan fingerprint density at radius 2 is 2.15 bits per heavy atom. The van der Waals surface area contributed by atoms with Gasteiger partial charge in [0.1, 0.15) is 5.82 Å². The van der Waals surface area contributed by atoms with Crippen molar-refractivity contribution >= 4 is 0 Å². The van der Waals surface area contributed by atoms with E-state index in [2.05, 4.69) is 30.7 Å². The highest BCUT2D eigenvalue weighted by Crippen LogP contribution is 2.40. The summed E-state index contributed by atoms with van der Waals surface area (Å²) in [6.07, 6.45) is 7.61. The number of imidazole rings is 1. The molecule has 3 atom stereocenters. The third-order valence-electron chi connectivity index (χ3n) is 5.47. The number of aryl methyl sites for hydroxylation is 1. The fourth-order valence-electron chi connectivity index (χ4n) is 4.10. The Morgan fingerprint density at radius 1 is 1.30 bits per heavy atom. The summed E-state index contributed by atoms with van der Waals surface area (Å²) >= 11 is 0. The van der Waals surface area contributed by atoms with E-state index in [9.17, 15) is 0 Å². The van der Waals surface area contributed by atoms with E-state index < -0.39 is 0 Å². The first kappa shape index (κ1) is 14.1. The Morgan fingerprint density at radius 3 is 2.95 bits per heavy atom. The van der Waals surface area contributed by atoms with Crippen LogP contribution in [0.2, 0.25) is 0 Å². The Hall–Kier alpha value is -0.830. The van der Waals surface area contributed by atoms with E-state index in [1.807, 2.05) is 0 Å². The minimum atomic E-state index is 0.689. The molecular weight excluding hydrogens is 246 g/mol. The van der Waals surface area contributed by atoms with Crippen LogP contribution in [0.4, 0.5) is 0 Å². The maximum atomic E-state index is 4.98. The van der Waals surface area contributed by atoms with E-state index >= 15 is 0 Å². The van der Waals surface area contributed by atoms with Crippen LogP contribution < -0.4 is 5.32 Å². The van der Waals surface area contributed by atoms with Crippen LogP contribution in [0.5, 0.6) is 0 Å². The van der Waals surface area contributed by atoms with Gasteiger partial charge in [0.05, 0.1) is 5.69 Å². The lowest BCUT2D eigenvalue weighted by Gasteiger charge is -2.37. The van der Waals surface area contributed by atoms with Crippen molar-refractivity contribution in [1.82, 2.24) is 14.9 Å². The zero-order chi connectivity index (χ0) is 14.1. The maximum Gasteiger partial charge on any atom is 0.109 e. The average molecular weight is 275 g/mol. The van der Waals surface area contributed by atoms with Crippen molar-refractivity contribution in [3.63, 3.8) is 0 Å². The Bertz CT molecular complexity index is 463. The van der Waals surface area contributed by atoms with Crippen LogP contribution in [0.15, 0.2) is 0 Å². The molecule has 20 heavy (non-hydrogen) atoms. The molecule has 0 radical (unpaired) electrons. The highest BCUT2D eigenvalue weighted by Gasteiger charge is 2.32. The molecule has 1 aliphatic carbocycles. The molecule has 2 aliphatic rings. The molecule has 0 aromatic carbocycles. The predicted octanol–water partition coefficient (Wildman–Crippen LogP) is 3.48. The second-order valence-electron chi connectivity index (χ2n) is 6.80. The highest BCUT2D eigenvalue weighted by atomic mass is 15.1. The van der Waals surface area contributed by atoms with Gasteiger partial charge >= 0.3 is 0 Å². The first-order valence-electron chi connectivity index (χ1n) is 8.52. The van der Waals surface area contributed by atoms with Gasteiger partial charge in [-0.05, 0) is 24.7 Å². The number of aromatic nitrogens is 2. The smallest absolute Gasteiger partial charge is 0.109 e. The zero-order valence-electron chi connectivity index (χ0n) is 13.3. The number of hydrogen-bond donors (Lipinski definition) is 1. The number of nitrogens with one attached hydrogen (secondary N) is 1. The van der Waals surface area contributed by atoms with Crippen LogP contribution in [-0.4, -0.2) is 16.1 Å². The highest BCUT2D eigenvalue weighted by molar-refractivity contribution is 5.22. The summed E-state index contributed by atoms with van der Waals surface area (Å²) in [5.74, 6) is 2.99. The van der Waals surface area contributed by atoms with Crippen molar-refractivity contribution in [2.24, 2.45) is 11.8 Å². The van der Waals surface area contributed by atoms with Gasteiger partial charge in [-0.3, -0.25) is 0 Å². The van der Waals surface area contributed by atoms with Crippen molar-refractivity contribution in [2.45, 2.75) is 71.9 Å². The largest absolute Gasteiger partial charge is 0.328 e. The second kappa shape index (κ2) is 5.88. The van der Waals surface area contributed by atoms with Gasteiger partial charge in [-0.15, -0.1) is 0 Å². The molecule has 0 bridgehead atoms. The van der Waals surface area contributed by atoms with E-state index in [0.29, 0.717) is 6.04 Å². The summed E-state index contributed by atoms with van der Waals surface area (Å²) in [4.78, 5) is 4.98. The molecule has 1 fully saturated rings. The van der Waals surface area contributed by atoms with E-state index in [-0.39, 0.29) is 0 Å². The third kappa shape index (κ3) is 2.41. The topological polar surface area (TPSA) is 29.9 Å². The standard InChI is InChI=1S/C17H29N3/c1-4-6-17-19-14-11-18-10-9-16(14)20(17)15-8-5-7-12(2)13(15)3/h12-13,15,18H,4-11H2,1-3H3. The summed E-state index contributed by atoms with van der Waals surface area (Å²) in [7, 11) is 0. The van der Waals surface area contributed by atoms with Gasteiger partial charge in [0.2, 0.25) is 0 Å². The first-order chi connectivity index (χ1) is 9.72. The summed E-state index contributed by atoms with van der Waals surface area (Å²) in [5.41, 5.74) is 2.86. The van der Waals surface area contributed by atoms with Crippen LogP contribution in [0.1, 0.15) is 69.7 Å². The fraction of sp³-hybridized carbons (Fsp3) is 0.824. The monoisotopic (exact) mass is 275 g/mol. The van der Waals surface area contributed by atoms with Crippen LogP contribution in [0.3, 0.4) is 0 Å². The number of hydrogen-bond acceptors (Lipinski definition) is 2. The van der Waals surface area contributed by atoms with Gasteiger partial charge < -0.3 is 9.88 Å². The minimum Gasteiger partial charge on any atom is -0.328 e. The van der Waals surface area contributed by atoms with Gasteiger partial charge in [-0.25, -0.2) is 4.98 Å². The fourth-order valence-corrected chi connectivity index (χ4v) is 4.10. The number of nitrogens with zero attached hydrogens (tertiary/aromatic N) is 2. The Labute approximate surface area is 123 Å². The van der Waals surface area contributed by atoms with Crippen molar-refractivity contribution in [3.05, 3.63) is 17.2 Å². The van der Waals surface area contributed by atoms with Gasteiger partial charge in [0.15, 0.2) is 0 Å². The SMILES string of the molecule is CCCc1nc2c(n1C1CCCC(C)C1C)CCNC2. The molecule has 112 valence electrons. The molecule has 0 amide bonds. The molecule has 1 aromatic heterocycles. The van der Waals surface area contributed by atoms with E-state index in [1.54, 1.807) is 0 Å². The lowest BCUT2D eigenvalue weighted by atomic mass is 9.77. The van der Waals surface area contributed by atoms with Gasteiger partial charge in [-0.1, -0.05) is 33.6 Å². The first-order valence-corrected chi connectivity index (χ1v) is 8.52. The van der Waals surface area contributed by atoms with E-state index in [4.69, 9.17) is 4.98 Å². The second-order valence-corrected chi connectivity index (χ2v) is 6.80. The van der Waals surface area contributed by atoms with Gasteiger partial charge in [0, 0.05) is 37.7 Å². The molecule has 1 aromatic rings. The molecule has 3 heteroatoms. The van der Waals surface area contributed by atoms with Gasteiger partial charge in [0.25, 0.3) is 0 Å². The molecule has 1 aliphatic heterocycles. The maximum absolute atomic E-state index is 4.98. The molecule has 2 heterocycles. The summed E-state index contributed by atoms with van der Waals surface area (Å²) in [6, 6.07) is 0.689. The zero-order valence-corrected chi connectivity index (χ0v) is 13.3. The Balaban J connectivity index is 1.99. The molecular formula is C17H29N3. The van der Waals surface area contributed by atoms with E-state index in [0.717, 1.165) is 37.8 Å². The number of rotatable bonds is 3. The van der Waals surface area contributed by atoms with Crippen LogP contribution in [0.25, 0.3) is 0 Å². The van der Waals surface area contributed by atoms with E-state index in [1.165, 1.54) is 42.9 Å². The average Bonchev–Trinajstić information content (AvgIpc) is 2.80. The summed E-state index contributed by atoms with van der Waals surface area (Å²) in [6.45, 7) is 9.23. The molecule has 0 spiro atoms. The van der Waals surface area contributed by atoms with Crippen LogP contribution in [-0.2, 0) is 19.4 Å². The van der Waals surface area contributed by atoms with Crippen molar-refractivity contribution in [3.8, 4) is 0 Å². The van der Waals surface area contributed by atoms with Gasteiger partial charge in [-0.2, -0.15) is 0 Å². The van der Waals surface area contributed by atoms with Crippen LogP contribution >= 0.6 is 0 Å². The summed E-state index contributed by atoms with van der Waals surface area (Å²) in [5, 5.41) is 3.47. The predicted molar refractivity (Wildman–Crippen MR) is 82.8 cm³/mol. The van der Waals surface area contributed by atoms with Crippen molar-refractivity contribution < 1.29 is 0 Å². The lowest BCUT2D eigenvalue weighted by molar-refractivity contribution is 0.180. The number of fused-ring (bicyclic) bond motifs is 1. The molecule has 3 unspecified atom stereocenters. The quantitative estimate of drug-likeness (QED) is 0.915. The normalized spacial score (nSPS) is 30.2. The van der Waals surface area contributed by atoms with Crippen molar-refractivity contribution in [1.29, 1.82) is 0 Å². The molecule has 1 saturated carbocycles. The Kier molecular flexibility index (Phi) is 4.16. The summed E-state index contributed by atoms with van der Waals surface area (Å²) < 4.78 is 2.67. The molecule has 0 saturated heterocycles.